The molecule has 3 rings (SSSR count). The van der Waals surface area contributed by atoms with Crippen molar-refractivity contribution in [3.8, 4) is 0 Å². The molecule has 1 aromatic carbocycles. The van der Waals surface area contributed by atoms with E-state index in [1.807, 2.05) is 6.07 Å². The van der Waals surface area contributed by atoms with Crippen LogP contribution in [-0.2, 0) is 0 Å². The van der Waals surface area contributed by atoms with E-state index >= 15 is 0 Å². The van der Waals surface area contributed by atoms with Crippen LogP contribution in [0.2, 0.25) is 0 Å². The average Bonchev–Trinajstić information content (AvgIpc) is 2.61. The van der Waals surface area contributed by atoms with Crippen molar-refractivity contribution in [3.63, 3.8) is 0 Å². The van der Waals surface area contributed by atoms with Crippen molar-refractivity contribution < 1.29 is 0 Å². The van der Waals surface area contributed by atoms with Crippen molar-refractivity contribution in [1.29, 1.82) is 0 Å². The lowest BCUT2D eigenvalue weighted by molar-refractivity contribution is 1.08. The van der Waals surface area contributed by atoms with Crippen LogP contribution in [0.3, 0.4) is 0 Å². The Bertz CT molecular complexity index is 710. The Kier molecular flexibility index (Phi) is 1.39. The van der Waals surface area contributed by atoms with Gasteiger partial charge >= 0.3 is 0 Å². The summed E-state index contributed by atoms with van der Waals surface area (Å²) in [5.41, 5.74) is 7.74. The fraction of sp³-hybridized carbons (Fsp3) is 0. The number of fused-ring (bicyclic) bond motifs is 3. The normalized spacial score (nSPS) is 11.2. The van der Waals surface area contributed by atoms with Crippen LogP contribution >= 0.6 is 0 Å². The maximum absolute atomic E-state index is 11.3. The average molecular weight is 200 g/mol. The van der Waals surface area contributed by atoms with E-state index in [9.17, 15) is 4.79 Å². The Hall–Kier alpha value is -2.30. The van der Waals surface area contributed by atoms with Crippen molar-refractivity contribution in [2.75, 3.05) is 5.73 Å². The molecule has 0 fully saturated rings. The number of rotatable bonds is 0. The van der Waals surface area contributed by atoms with Crippen LogP contribution in [0.25, 0.3) is 21.8 Å². The molecular weight excluding hydrogens is 192 g/mol. The predicted molar refractivity (Wildman–Crippen MR) is 58.6 cm³/mol. The lowest BCUT2D eigenvalue weighted by Gasteiger charge is -1.99. The Labute approximate surface area is 83.9 Å². The summed E-state index contributed by atoms with van der Waals surface area (Å²) in [7, 11) is 0. The van der Waals surface area contributed by atoms with Gasteiger partial charge in [-0.3, -0.25) is 20.0 Å². The minimum Gasteiger partial charge on any atom is -0.399 e. The fourth-order valence-corrected chi connectivity index (χ4v) is 1.70. The van der Waals surface area contributed by atoms with Gasteiger partial charge in [0.25, 0.3) is 5.56 Å². The van der Waals surface area contributed by atoms with Crippen LogP contribution in [0.15, 0.2) is 29.2 Å². The minimum absolute atomic E-state index is 0.165. The highest BCUT2D eigenvalue weighted by Gasteiger charge is 2.06. The third-order valence-electron chi connectivity index (χ3n) is 2.44. The van der Waals surface area contributed by atoms with E-state index in [0.29, 0.717) is 11.1 Å². The summed E-state index contributed by atoms with van der Waals surface area (Å²) in [5.74, 6) is 0. The van der Waals surface area contributed by atoms with Crippen molar-refractivity contribution >= 4 is 27.5 Å². The zero-order valence-electron chi connectivity index (χ0n) is 7.74. The van der Waals surface area contributed by atoms with Crippen molar-refractivity contribution in [2.45, 2.75) is 0 Å². The maximum Gasteiger partial charge on any atom is 0.273 e. The number of aromatic amines is 2. The van der Waals surface area contributed by atoms with Gasteiger partial charge < -0.3 is 5.73 Å². The molecule has 2 heterocycles. The van der Waals surface area contributed by atoms with E-state index in [1.54, 1.807) is 18.3 Å². The molecule has 2 aromatic heterocycles. The van der Waals surface area contributed by atoms with Gasteiger partial charge in [0.15, 0.2) is 0 Å². The van der Waals surface area contributed by atoms with Crippen molar-refractivity contribution in [3.05, 3.63) is 34.7 Å². The second kappa shape index (κ2) is 2.60. The predicted octanol–water partition coefficient (Wildman–Crippen LogP) is 0.987. The molecule has 5 nitrogen and oxygen atoms in total. The van der Waals surface area contributed by atoms with Crippen LogP contribution < -0.4 is 11.3 Å². The molecule has 0 amide bonds. The molecule has 74 valence electrons. The van der Waals surface area contributed by atoms with E-state index in [-0.39, 0.29) is 5.56 Å². The Morgan fingerprint density at radius 1 is 1.20 bits per heavy atom. The van der Waals surface area contributed by atoms with Gasteiger partial charge in [0.1, 0.15) is 0 Å². The summed E-state index contributed by atoms with van der Waals surface area (Å²) in [6.45, 7) is 0. The highest BCUT2D eigenvalue weighted by Crippen LogP contribution is 2.21. The molecule has 0 unspecified atom stereocenters. The van der Waals surface area contributed by atoms with Crippen LogP contribution in [0.4, 0.5) is 5.69 Å². The molecule has 5 heteroatoms. The molecule has 3 aromatic rings. The quantitative estimate of drug-likeness (QED) is 0.473. The first-order valence-corrected chi connectivity index (χ1v) is 4.50. The van der Waals surface area contributed by atoms with Gasteiger partial charge in [0.2, 0.25) is 0 Å². The number of nitrogens with one attached hydrogen (secondary N) is 2. The summed E-state index contributed by atoms with van der Waals surface area (Å²) in [6.07, 6.45) is 1.56. The fourth-order valence-electron chi connectivity index (χ4n) is 1.70. The molecule has 0 saturated carbocycles. The Morgan fingerprint density at radius 3 is 2.93 bits per heavy atom. The number of nitrogens with zero attached hydrogens (tertiary/aromatic N) is 1. The first-order chi connectivity index (χ1) is 7.25. The number of nitrogens with two attached hydrogens (primary N) is 1. The maximum atomic E-state index is 11.3. The van der Waals surface area contributed by atoms with E-state index in [4.69, 9.17) is 5.73 Å². The van der Waals surface area contributed by atoms with Gasteiger partial charge in [-0.1, -0.05) is 0 Å². The smallest absolute Gasteiger partial charge is 0.273 e. The molecule has 0 bridgehead atoms. The highest BCUT2D eigenvalue weighted by molar-refractivity contribution is 6.03. The second-order valence-corrected chi connectivity index (χ2v) is 3.40. The van der Waals surface area contributed by atoms with Crippen LogP contribution in [-0.4, -0.2) is 15.2 Å². The summed E-state index contributed by atoms with van der Waals surface area (Å²) in [4.78, 5) is 15.5. The minimum atomic E-state index is -0.165. The van der Waals surface area contributed by atoms with Gasteiger partial charge in [-0.25, -0.2) is 0 Å². The molecule has 0 aliphatic carbocycles. The topological polar surface area (TPSA) is 87.6 Å². The van der Waals surface area contributed by atoms with Gasteiger partial charge in [0.05, 0.1) is 16.4 Å². The van der Waals surface area contributed by atoms with Crippen LogP contribution in [0.1, 0.15) is 0 Å². The number of benzene rings is 1. The molecule has 0 saturated heterocycles. The first kappa shape index (κ1) is 8.05. The monoisotopic (exact) mass is 200 g/mol. The Balaban J connectivity index is 2.63. The van der Waals surface area contributed by atoms with Gasteiger partial charge in [0, 0.05) is 17.3 Å². The first-order valence-electron chi connectivity index (χ1n) is 4.50. The van der Waals surface area contributed by atoms with Crippen LogP contribution in [0.5, 0.6) is 0 Å². The molecule has 0 radical (unpaired) electrons. The third kappa shape index (κ3) is 1.03. The second-order valence-electron chi connectivity index (χ2n) is 3.40. The van der Waals surface area contributed by atoms with E-state index < -0.39 is 0 Å². The van der Waals surface area contributed by atoms with E-state index in [0.717, 1.165) is 16.4 Å². The SMILES string of the molecule is Nc1ccc2ncc3c(=O)[nH][nH]c3c2c1. The Morgan fingerprint density at radius 2 is 2.07 bits per heavy atom. The van der Waals surface area contributed by atoms with Crippen molar-refractivity contribution in [2.24, 2.45) is 0 Å². The van der Waals surface area contributed by atoms with Gasteiger partial charge in [-0.05, 0) is 18.2 Å². The standard InChI is InChI=1S/C10H8N4O/c11-5-1-2-8-6(3-5)9-7(4-12-8)10(15)14-13-9/h1-4H,11H2,(H2,13,14,15). The molecule has 0 aliphatic heterocycles. The number of hydrogen-bond acceptors (Lipinski definition) is 3. The molecule has 0 atom stereocenters. The molecule has 15 heavy (non-hydrogen) atoms. The lowest BCUT2D eigenvalue weighted by Crippen LogP contribution is -1.97. The zero-order valence-corrected chi connectivity index (χ0v) is 7.74. The molecular formula is C10H8N4O. The van der Waals surface area contributed by atoms with E-state index in [1.165, 1.54) is 0 Å². The molecule has 0 spiro atoms. The summed E-state index contributed by atoms with van der Waals surface area (Å²) in [6, 6.07) is 5.41. The number of anilines is 1. The number of hydrogen-bond donors (Lipinski definition) is 3. The lowest BCUT2D eigenvalue weighted by atomic mass is 10.1. The number of nitrogen functional groups attached to an aromatic ring is 1. The molecule has 4 N–H and O–H groups in total. The summed E-state index contributed by atoms with van der Waals surface area (Å²) < 4.78 is 0. The summed E-state index contributed by atoms with van der Waals surface area (Å²) >= 11 is 0. The zero-order chi connectivity index (χ0) is 10.4. The molecule has 0 aliphatic rings. The summed E-state index contributed by atoms with van der Waals surface area (Å²) in [5, 5.41) is 6.75. The highest BCUT2D eigenvalue weighted by atomic mass is 16.1. The third-order valence-corrected chi connectivity index (χ3v) is 2.44. The van der Waals surface area contributed by atoms with E-state index in [2.05, 4.69) is 15.2 Å². The largest absolute Gasteiger partial charge is 0.399 e. The van der Waals surface area contributed by atoms with Gasteiger partial charge in [-0.15, -0.1) is 0 Å². The van der Waals surface area contributed by atoms with Crippen molar-refractivity contribution in [1.82, 2.24) is 15.2 Å². The number of H-pyrrole nitrogens is 2. The number of aromatic nitrogens is 3. The van der Waals surface area contributed by atoms with Gasteiger partial charge in [-0.2, -0.15) is 0 Å². The number of pyridine rings is 1. The van der Waals surface area contributed by atoms with Crippen LogP contribution in [0, 0.1) is 0 Å².